The summed E-state index contributed by atoms with van der Waals surface area (Å²) in [4.78, 5) is 54.0. The van der Waals surface area contributed by atoms with Crippen molar-refractivity contribution in [2.24, 2.45) is 17.2 Å². The number of nitrogens with one attached hydrogen (secondary N) is 2. The minimum Gasteiger partial charge on any atom is -0.446 e. The third kappa shape index (κ3) is 7.13. The van der Waals surface area contributed by atoms with Crippen LogP contribution in [-0.2, 0) is 6.42 Å². The second kappa shape index (κ2) is 15.1. The molecule has 2 atom stereocenters. The number of amides is 2. The molecular weight excluding hydrogens is 678 g/mol. The number of hydrogen-bond donors (Lipinski definition) is 5. The maximum Gasteiger partial charge on any atom is 0.273 e. The van der Waals surface area contributed by atoms with E-state index in [0.717, 1.165) is 0 Å². The summed E-state index contributed by atoms with van der Waals surface area (Å²) in [6.07, 6.45) is 9.11. The second-order valence-corrected chi connectivity index (χ2v) is 12.1. The number of nitrogens with two attached hydrogens (primary N) is 3. The molecule has 12 bridgehead atoms. The van der Waals surface area contributed by atoms with Crippen LogP contribution < -0.4 is 27.8 Å². The van der Waals surface area contributed by atoms with Gasteiger partial charge >= 0.3 is 0 Å². The molecule has 7 heterocycles. The van der Waals surface area contributed by atoms with Crippen LogP contribution in [0.4, 0.5) is 0 Å². The van der Waals surface area contributed by atoms with Gasteiger partial charge in [0.25, 0.3) is 11.8 Å². The van der Waals surface area contributed by atoms with Crippen molar-refractivity contribution >= 4 is 11.8 Å². The summed E-state index contributed by atoms with van der Waals surface area (Å²) in [7, 11) is 0. The third-order valence-corrected chi connectivity index (χ3v) is 8.33. The van der Waals surface area contributed by atoms with Crippen molar-refractivity contribution in [2.75, 3.05) is 19.6 Å². The van der Waals surface area contributed by atoms with Crippen molar-refractivity contribution in [1.29, 1.82) is 0 Å². The molecule has 0 aliphatic carbocycles. The van der Waals surface area contributed by atoms with Gasteiger partial charge in [-0.05, 0) is 65.1 Å². The number of nitrogens with zero attached hydrogens (tertiary/aromatic N) is 6. The number of unbranched alkanes of at least 4 members (excludes halogenated alkanes) is 2. The summed E-state index contributed by atoms with van der Waals surface area (Å²) in [5.41, 5.74) is 18.4. The van der Waals surface area contributed by atoms with E-state index in [9.17, 15) is 9.59 Å². The first-order valence-electron chi connectivity index (χ1n) is 16.9. The second-order valence-electron chi connectivity index (χ2n) is 12.1. The minimum atomic E-state index is -0.665. The first-order chi connectivity index (χ1) is 25.3. The summed E-state index contributed by atoms with van der Waals surface area (Å²) in [6.45, 7) is 2.88. The van der Waals surface area contributed by atoms with Gasteiger partial charge in [-0.3, -0.25) is 9.59 Å². The Bertz CT molecular complexity index is 2150. The van der Waals surface area contributed by atoms with Gasteiger partial charge in [0.1, 0.15) is 48.7 Å². The van der Waals surface area contributed by atoms with Crippen molar-refractivity contribution in [1.82, 2.24) is 40.5 Å². The predicted molar refractivity (Wildman–Crippen MR) is 179 cm³/mol. The van der Waals surface area contributed by atoms with Crippen LogP contribution in [0.15, 0.2) is 51.6 Å². The Morgan fingerprint density at radius 2 is 1.13 bits per heavy atom. The number of hydrogen-bond acceptors (Lipinski definition) is 17. The normalized spacial score (nSPS) is 16.1. The van der Waals surface area contributed by atoms with Crippen LogP contribution in [0.1, 0.15) is 94.9 Å². The number of rotatable bonds is 10. The fourth-order valence-corrected chi connectivity index (χ4v) is 5.67. The van der Waals surface area contributed by atoms with Gasteiger partial charge in [-0.25, -0.2) is 29.9 Å². The highest BCUT2D eigenvalue weighted by atomic mass is 16.4. The Hall–Kier alpha value is -5.92. The number of carbonyl (C=O) groups is 2. The van der Waals surface area contributed by atoms with E-state index in [4.69, 9.17) is 43.7 Å². The molecule has 2 amide bonds. The van der Waals surface area contributed by atoms with Crippen molar-refractivity contribution < 1.29 is 36.1 Å². The zero-order valence-corrected chi connectivity index (χ0v) is 28.2. The SMILES string of the molecule is Cc1oc2nc1-c1nc(c(CCN)o1)-c1nc(co1)C(=O)N[C@@H](CCCCN)c1nc(co1)-c1nc(co1)-c1nc(co1)C(=O)N[C@H]2CCCCN. The van der Waals surface area contributed by atoms with Crippen LogP contribution in [0.25, 0.3) is 46.3 Å². The number of fused-ring (bicyclic) bond motifs is 16. The molecule has 7 rings (SSSR count). The first kappa shape index (κ1) is 34.5. The summed E-state index contributed by atoms with van der Waals surface area (Å²) >= 11 is 0. The molecule has 0 aromatic carbocycles. The van der Waals surface area contributed by atoms with E-state index in [-0.39, 0.29) is 76.8 Å². The van der Waals surface area contributed by atoms with Crippen LogP contribution >= 0.6 is 0 Å². The lowest BCUT2D eigenvalue weighted by atomic mass is 10.1. The van der Waals surface area contributed by atoms with E-state index < -0.39 is 23.9 Å². The van der Waals surface area contributed by atoms with Gasteiger partial charge in [-0.2, -0.15) is 0 Å². The highest BCUT2D eigenvalue weighted by Crippen LogP contribution is 2.33. The molecule has 19 heteroatoms. The minimum absolute atomic E-state index is 0.00444. The van der Waals surface area contributed by atoms with E-state index in [1.165, 1.54) is 25.1 Å². The molecule has 1 aliphatic rings. The predicted octanol–water partition coefficient (Wildman–Crippen LogP) is 3.61. The smallest absolute Gasteiger partial charge is 0.273 e. The van der Waals surface area contributed by atoms with E-state index >= 15 is 0 Å². The van der Waals surface area contributed by atoms with E-state index in [1.54, 1.807) is 6.92 Å². The molecule has 0 spiro atoms. The fraction of sp³-hybridized carbons (Fsp3) is 0.394. The quantitative estimate of drug-likeness (QED) is 0.127. The number of aryl methyl sites for hydroxylation is 1. The highest BCUT2D eigenvalue weighted by Gasteiger charge is 2.30. The summed E-state index contributed by atoms with van der Waals surface area (Å²) in [5.74, 6) is 0.422. The van der Waals surface area contributed by atoms with Crippen LogP contribution in [0.2, 0.25) is 0 Å². The molecule has 0 unspecified atom stereocenters. The molecule has 19 nitrogen and oxygen atoms in total. The average molecular weight is 716 g/mol. The number of aromatic nitrogens is 6. The average Bonchev–Trinajstić information content (AvgIpc) is 3.98. The van der Waals surface area contributed by atoms with Crippen LogP contribution in [-0.4, -0.2) is 61.4 Å². The van der Waals surface area contributed by atoms with E-state index in [2.05, 4.69) is 40.5 Å². The number of oxazole rings is 6. The Kier molecular flexibility index (Phi) is 10.0. The van der Waals surface area contributed by atoms with Gasteiger partial charge in [-0.15, -0.1) is 0 Å². The summed E-state index contributed by atoms with van der Waals surface area (Å²) in [5, 5.41) is 5.87. The molecule has 6 aromatic rings. The third-order valence-electron chi connectivity index (χ3n) is 8.33. The molecule has 0 saturated heterocycles. The van der Waals surface area contributed by atoms with Gasteiger partial charge in [0, 0.05) is 6.42 Å². The molecule has 0 fully saturated rings. The molecule has 52 heavy (non-hydrogen) atoms. The Balaban J connectivity index is 1.30. The Morgan fingerprint density at radius 3 is 1.79 bits per heavy atom. The van der Waals surface area contributed by atoms with Crippen molar-refractivity contribution in [2.45, 2.75) is 64.0 Å². The maximum atomic E-state index is 13.5. The van der Waals surface area contributed by atoms with Crippen molar-refractivity contribution in [3.8, 4) is 46.3 Å². The number of carbonyl (C=O) groups excluding carboxylic acids is 2. The monoisotopic (exact) mass is 715 g/mol. The maximum absolute atomic E-state index is 13.5. The van der Waals surface area contributed by atoms with Gasteiger partial charge in [0.2, 0.25) is 35.3 Å². The molecule has 0 saturated carbocycles. The van der Waals surface area contributed by atoms with E-state index in [0.29, 0.717) is 68.8 Å². The topological polar surface area (TPSA) is 292 Å². The molecule has 6 aromatic heterocycles. The molecule has 8 N–H and O–H groups in total. The van der Waals surface area contributed by atoms with Crippen LogP contribution in [0, 0.1) is 6.92 Å². The van der Waals surface area contributed by atoms with Gasteiger partial charge in [-0.1, -0.05) is 0 Å². The van der Waals surface area contributed by atoms with Gasteiger partial charge in [0.05, 0.1) is 0 Å². The van der Waals surface area contributed by atoms with Crippen LogP contribution in [0.3, 0.4) is 0 Å². The molecular formula is C33H37N11O8. The van der Waals surface area contributed by atoms with Gasteiger partial charge in [0.15, 0.2) is 34.2 Å². The lowest BCUT2D eigenvalue weighted by Gasteiger charge is -2.14. The Labute approximate surface area is 295 Å². The first-order valence-corrected chi connectivity index (χ1v) is 16.9. The lowest BCUT2D eigenvalue weighted by Crippen LogP contribution is -2.29. The summed E-state index contributed by atoms with van der Waals surface area (Å²) < 4.78 is 35.0. The molecule has 1 aliphatic heterocycles. The zero-order valence-electron chi connectivity index (χ0n) is 28.2. The largest absolute Gasteiger partial charge is 0.446 e. The standard InChI is InChI=1S/C33H37N11O8/c1-16-24-33-44-25(23(52-33)8-11-36)32-40-20(13-50-32)27(46)37-17(6-2-4-9-34)28-41-22(14-48-28)30-42-21(15-49-30)29-39-19(12-47-29)26(45)38-18(7-3-5-10-35)31(43-24)51-16/h12-15,17-18H,2-11,34-36H2,1H3,(H,37,46)(H,38,45)/t17-,18-/m0/s1. The zero-order chi connectivity index (χ0) is 36.2. The fourth-order valence-electron chi connectivity index (χ4n) is 5.67. The summed E-state index contributed by atoms with van der Waals surface area (Å²) in [6, 6.07) is -1.32. The van der Waals surface area contributed by atoms with Gasteiger partial charge < -0.3 is 54.3 Å². The van der Waals surface area contributed by atoms with Crippen molar-refractivity contribution in [3.05, 3.63) is 59.7 Å². The lowest BCUT2D eigenvalue weighted by molar-refractivity contribution is 0.0914. The Morgan fingerprint density at radius 1 is 0.577 bits per heavy atom. The highest BCUT2D eigenvalue weighted by molar-refractivity contribution is 5.93. The molecule has 272 valence electrons. The van der Waals surface area contributed by atoms with Crippen molar-refractivity contribution in [3.63, 3.8) is 0 Å². The molecule has 0 radical (unpaired) electrons. The van der Waals surface area contributed by atoms with E-state index in [1.807, 2.05) is 0 Å². The van der Waals surface area contributed by atoms with Crippen LogP contribution in [0.5, 0.6) is 0 Å².